The number of nitrogens with one attached hydrogen (secondary N) is 1. The molecule has 2 atom stereocenters. The van der Waals surface area contributed by atoms with Crippen molar-refractivity contribution < 1.29 is 22.7 Å². The number of hydrogen-bond donors (Lipinski definition) is 1. The van der Waals surface area contributed by atoms with Gasteiger partial charge in [-0.2, -0.15) is 4.31 Å². The molecular formula is C31H37N3O5S. The predicted molar refractivity (Wildman–Crippen MR) is 155 cm³/mol. The van der Waals surface area contributed by atoms with Gasteiger partial charge in [-0.1, -0.05) is 91.0 Å². The Labute approximate surface area is 237 Å². The van der Waals surface area contributed by atoms with Crippen LogP contribution in [0.5, 0.6) is 0 Å². The quantitative estimate of drug-likeness (QED) is 0.344. The molecule has 40 heavy (non-hydrogen) atoms. The fraction of sp³-hybridized carbons (Fsp3) is 0.355. The summed E-state index contributed by atoms with van der Waals surface area (Å²) in [5.41, 5.74) is 2.51. The van der Waals surface area contributed by atoms with Crippen LogP contribution in [0, 0.1) is 0 Å². The summed E-state index contributed by atoms with van der Waals surface area (Å²) in [7, 11) is -3.72. The van der Waals surface area contributed by atoms with Crippen molar-refractivity contribution in [1.29, 1.82) is 0 Å². The second-order valence-corrected chi connectivity index (χ2v) is 12.1. The van der Waals surface area contributed by atoms with E-state index < -0.39 is 22.0 Å². The van der Waals surface area contributed by atoms with E-state index in [9.17, 15) is 18.0 Å². The van der Waals surface area contributed by atoms with Crippen molar-refractivity contribution in [1.82, 2.24) is 14.5 Å². The molecule has 3 aromatic carbocycles. The van der Waals surface area contributed by atoms with Crippen molar-refractivity contribution in [3.8, 4) is 0 Å². The maximum absolute atomic E-state index is 14.0. The van der Waals surface area contributed by atoms with Crippen LogP contribution in [0.3, 0.4) is 0 Å². The molecule has 4 rings (SSSR count). The Morgan fingerprint density at radius 2 is 1.43 bits per heavy atom. The van der Waals surface area contributed by atoms with Crippen LogP contribution in [0.2, 0.25) is 0 Å². The number of carbonyl (C=O) groups excluding carboxylic acids is 2. The standard InChI is InChI=1S/C31H37N3O5S/c1-40(37,38)33(22-26-14-7-3-8-15-26)24-30(35)34(23-27-16-9-4-10-17-27)29(20-25-12-5-2-6-13-25)31(36)32-21-28-18-11-19-39-28/h2-10,12-17,28-29H,11,18-24H2,1H3,(H,32,36)/t28-,29-/m1/s1. The van der Waals surface area contributed by atoms with Gasteiger partial charge in [0.25, 0.3) is 0 Å². The SMILES string of the molecule is CS(=O)(=O)N(CC(=O)N(Cc1ccccc1)[C@H](Cc1ccccc1)C(=O)NC[C@H]1CCCO1)Cc1ccccc1. The summed E-state index contributed by atoms with van der Waals surface area (Å²) < 4.78 is 32.4. The third-order valence-corrected chi connectivity index (χ3v) is 8.17. The van der Waals surface area contributed by atoms with Crippen molar-refractivity contribution in [3.63, 3.8) is 0 Å². The predicted octanol–water partition coefficient (Wildman–Crippen LogP) is 3.38. The van der Waals surface area contributed by atoms with Crippen LogP contribution >= 0.6 is 0 Å². The first-order valence-electron chi connectivity index (χ1n) is 13.6. The average molecular weight is 564 g/mol. The second kappa shape index (κ2) is 14.2. The van der Waals surface area contributed by atoms with Crippen molar-refractivity contribution in [2.45, 2.75) is 44.5 Å². The summed E-state index contributed by atoms with van der Waals surface area (Å²) in [4.78, 5) is 29.2. The monoisotopic (exact) mass is 563 g/mol. The van der Waals surface area contributed by atoms with Crippen LogP contribution < -0.4 is 5.32 Å². The number of amides is 2. The number of rotatable bonds is 13. The van der Waals surface area contributed by atoms with E-state index in [1.54, 1.807) is 0 Å². The smallest absolute Gasteiger partial charge is 0.243 e. The largest absolute Gasteiger partial charge is 0.376 e. The van der Waals surface area contributed by atoms with E-state index in [0.29, 0.717) is 13.2 Å². The molecule has 2 amide bonds. The van der Waals surface area contributed by atoms with Gasteiger partial charge in [0.15, 0.2) is 0 Å². The first-order chi connectivity index (χ1) is 19.3. The van der Waals surface area contributed by atoms with E-state index in [0.717, 1.165) is 40.1 Å². The molecule has 8 nitrogen and oxygen atoms in total. The number of hydrogen-bond acceptors (Lipinski definition) is 5. The zero-order chi connectivity index (χ0) is 28.4. The minimum absolute atomic E-state index is 0.0498. The molecule has 1 saturated heterocycles. The minimum Gasteiger partial charge on any atom is -0.376 e. The van der Waals surface area contributed by atoms with E-state index in [1.165, 1.54) is 4.90 Å². The average Bonchev–Trinajstić information content (AvgIpc) is 3.48. The third kappa shape index (κ3) is 8.74. The van der Waals surface area contributed by atoms with Crippen LogP contribution in [0.15, 0.2) is 91.0 Å². The van der Waals surface area contributed by atoms with Crippen molar-refractivity contribution >= 4 is 21.8 Å². The Hall–Kier alpha value is -3.53. The van der Waals surface area contributed by atoms with E-state index in [4.69, 9.17) is 4.74 Å². The molecule has 1 heterocycles. The van der Waals surface area contributed by atoms with E-state index >= 15 is 0 Å². The number of ether oxygens (including phenoxy) is 1. The molecule has 0 aliphatic carbocycles. The van der Waals surface area contributed by atoms with Gasteiger partial charge in [-0.15, -0.1) is 0 Å². The normalized spacial score (nSPS) is 16.0. The van der Waals surface area contributed by atoms with Crippen LogP contribution in [0.25, 0.3) is 0 Å². The zero-order valence-electron chi connectivity index (χ0n) is 22.8. The lowest BCUT2D eigenvalue weighted by Crippen LogP contribution is -2.53. The molecule has 0 unspecified atom stereocenters. The molecule has 1 aliphatic rings. The molecule has 3 aromatic rings. The summed E-state index contributed by atoms with van der Waals surface area (Å²) >= 11 is 0. The fourth-order valence-corrected chi connectivity index (χ4v) is 5.52. The Balaban J connectivity index is 1.63. The number of sulfonamides is 1. The van der Waals surface area contributed by atoms with Crippen molar-refractivity contribution in [2.24, 2.45) is 0 Å². The topological polar surface area (TPSA) is 96.0 Å². The van der Waals surface area contributed by atoms with E-state index in [2.05, 4.69) is 5.32 Å². The van der Waals surface area contributed by atoms with Gasteiger partial charge < -0.3 is 15.0 Å². The first-order valence-corrected chi connectivity index (χ1v) is 15.4. The molecule has 0 spiro atoms. The minimum atomic E-state index is -3.72. The van der Waals surface area contributed by atoms with E-state index in [-0.39, 0.29) is 38.1 Å². The lowest BCUT2D eigenvalue weighted by molar-refractivity contribution is -0.141. The molecular weight excluding hydrogens is 526 g/mol. The Kier molecular flexibility index (Phi) is 10.5. The number of nitrogens with zero attached hydrogens (tertiary/aromatic N) is 2. The molecule has 0 radical (unpaired) electrons. The maximum Gasteiger partial charge on any atom is 0.243 e. The Bertz CT molecular complexity index is 1330. The number of carbonyl (C=O) groups is 2. The second-order valence-electron chi connectivity index (χ2n) is 10.1. The highest BCUT2D eigenvalue weighted by atomic mass is 32.2. The zero-order valence-corrected chi connectivity index (χ0v) is 23.6. The Morgan fingerprint density at radius 1 is 0.875 bits per heavy atom. The van der Waals surface area contributed by atoms with Crippen molar-refractivity contribution in [3.05, 3.63) is 108 Å². The van der Waals surface area contributed by atoms with Crippen LogP contribution in [-0.2, 0) is 43.9 Å². The molecule has 0 aromatic heterocycles. The molecule has 9 heteroatoms. The van der Waals surface area contributed by atoms with Crippen molar-refractivity contribution in [2.75, 3.05) is 26.0 Å². The van der Waals surface area contributed by atoms with E-state index in [1.807, 2.05) is 91.0 Å². The highest BCUT2D eigenvalue weighted by molar-refractivity contribution is 7.88. The van der Waals surface area contributed by atoms with Gasteiger partial charge in [0.05, 0.1) is 18.9 Å². The van der Waals surface area contributed by atoms with Crippen LogP contribution in [-0.4, -0.2) is 67.5 Å². The summed E-state index contributed by atoms with van der Waals surface area (Å²) in [6.45, 7) is 0.869. The Morgan fingerprint density at radius 3 is 1.95 bits per heavy atom. The van der Waals surface area contributed by atoms with Gasteiger partial charge in [0, 0.05) is 32.7 Å². The summed E-state index contributed by atoms with van der Waals surface area (Å²) in [6.07, 6.45) is 3.16. The van der Waals surface area contributed by atoms with Gasteiger partial charge in [0.2, 0.25) is 21.8 Å². The molecule has 1 aliphatic heterocycles. The molecule has 0 saturated carbocycles. The van der Waals surface area contributed by atoms with Gasteiger partial charge in [0.1, 0.15) is 6.04 Å². The van der Waals surface area contributed by atoms with Gasteiger partial charge in [-0.05, 0) is 29.5 Å². The van der Waals surface area contributed by atoms with Gasteiger partial charge >= 0.3 is 0 Å². The fourth-order valence-electron chi connectivity index (χ4n) is 4.79. The summed E-state index contributed by atoms with van der Waals surface area (Å²) in [5.74, 6) is -0.740. The van der Waals surface area contributed by atoms with Crippen LogP contribution in [0.1, 0.15) is 29.5 Å². The lowest BCUT2D eigenvalue weighted by atomic mass is 10.0. The van der Waals surface area contributed by atoms with Crippen LogP contribution in [0.4, 0.5) is 0 Å². The lowest BCUT2D eigenvalue weighted by Gasteiger charge is -2.33. The highest BCUT2D eigenvalue weighted by Gasteiger charge is 2.33. The molecule has 1 fully saturated rings. The van der Waals surface area contributed by atoms with Gasteiger partial charge in [-0.25, -0.2) is 8.42 Å². The maximum atomic E-state index is 14.0. The number of benzene rings is 3. The summed E-state index contributed by atoms with van der Waals surface area (Å²) in [5, 5.41) is 3.00. The first kappa shape index (κ1) is 29.5. The molecule has 1 N–H and O–H groups in total. The third-order valence-electron chi connectivity index (χ3n) is 6.98. The molecule has 212 valence electrons. The highest BCUT2D eigenvalue weighted by Crippen LogP contribution is 2.18. The molecule has 0 bridgehead atoms. The van der Waals surface area contributed by atoms with Gasteiger partial charge in [-0.3, -0.25) is 9.59 Å². The summed E-state index contributed by atoms with van der Waals surface area (Å²) in [6, 6.07) is 27.2.